The van der Waals surface area contributed by atoms with Crippen molar-refractivity contribution in [1.82, 2.24) is 15.5 Å². The topological polar surface area (TPSA) is 74.1 Å². The molecule has 5 heteroatoms. The van der Waals surface area contributed by atoms with Gasteiger partial charge in [0.2, 0.25) is 0 Å². The van der Waals surface area contributed by atoms with Crippen LogP contribution in [-0.2, 0) is 19.4 Å². The molecule has 3 aromatic rings. The van der Waals surface area contributed by atoms with Crippen molar-refractivity contribution in [2.45, 2.75) is 38.8 Å². The molecule has 0 aliphatic heterocycles. The summed E-state index contributed by atoms with van der Waals surface area (Å²) in [7, 11) is 0. The average molecular weight is 323 g/mol. The highest BCUT2D eigenvalue weighted by atomic mass is 16.3. The minimum absolute atomic E-state index is 0.358. The zero-order valence-corrected chi connectivity index (χ0v) is 13.7. The first-order valence-electron chi connectivity index (χ1n) is 8.32. The number of furan rings is 1. The summed E-state index contributed by atoms with van der Waals surface area (Å²) in [6, 6.07) is 10.1. The average Bonchev–Trinajstić information content (AvgIpc) is 3.21. The van der Waals surface area contributed by atoms with E-state index in [0.29, 0.717) is 11.8 Å². The van der Waals surface area contributed by atoms with Gasteiger partial charge in [0.25, 0.3) is 0 Å². The second kappa shape index (κ2) is 6.17. The molecule has 2 heterocycles. The molecule has 1 aromatic carbocycles. The molecule has 1 aliphatic rings. The van der Waals surface area contributed by atoms with Crippen LogP contribution in [-0.4, -0.2) is 21.3 Å². The lowest BCUT2D eigenvalue weighted by molar-refractivity contribution is 0.450. The Balaban J connectivity index is 1.43. The van der Waals surface area contributed by atoms with E-state index in [1.165, 1.54) is 11.1 Å². The van der Waals surface area contributed by atoms with Gasteiger partial charge in [0, 0.05) is 18.2 Å². The van der Waals surface area contributed by atoms with E-state index >= 15 is 0 Å². The maximum atomic E-state index is 9.59. The van der Waals surface area contributed by atoms with E-state index in [9.17, 15) is 5.11 Å². The molecule has 1 aliphatic carbocycles. The van der Waals surface area contributed by atoms with Gasteiger partial charge in [-0.1, -0.05) is 6.07 Å². The third-order valence-electron chi connectivity index (χ3n) is 4.70. The van der Waals surface area contributed by atoms with Gasteiger partial charge < -0.3 is 14.8 Å². The molecule has 0 saturated heterocycles. The van der Waals surface area contributed by atoms with Crippen molar-refractivity contribution in [3.05, 3.63) is 59.0 Å². The number of nitrogens with zero attached hydrogens (tertiary/aromatic N) is 1. The molecule has 2 aromatic heterocycles. The predicted octanol–water partition coefficient (Wildman–Crippen LogP) is 3.33. The molecule has 0 saturated carbocycles. The van der Waals surface area contributed by atoms with E-state index in [4.69, 9.17) is 4.42 Å². The van der Waals surface area contributed by atoms with Crippen molar-refractivity contribution >= 4 is 0 Å². The zero-order chi connectivity index (χ0) is 16.5. The third kappa shape index (κ3) is 2.95. The van der Waals surface area contributed by atoms with Crippen molar-refractivity contribution in [1.29, 1.82) is 0 Å². The Morgan fingerprint density at radius 3 is 3.04 bits per heavy atom. The van der Waals surface area contributed by atoms with Crippen molar-refractivity contribution < 1.29 is 9.52 Å². The number of H-pyrrole nitrogens is 1. The van der Waals surface area contributed by atoms with E-state index in [-0.39, 0.29) is 0 Å². The lowest BCUT2D eigenvalue weighted by Crippen LogP contribution is -2.34. The summed E-state index contributed by atoms with van der Waals surface area (Å²) >= 11 is 0. The summed E-state index contributed by atoms with van der Waals surface area (Å²) in [5.74, 6) is 2.08. The van der Waals surface area contributed by atoms with Gasteiger partial charge in [-0.3, -0.25) is 5.10 Å². The molecule has 0 bridgehead atoms. The van der Waals surface area contributed by atoms with Crippen molar-refractivity contribution in [2.75, 3.05) is 0 Å². The lowest BCUT2D eigenvalue weighted by Gasteiger charge is -2.25. The Kier molecular flexibility index (Phi) is 3.86. The van der Waals surface area contributed by atoms with Crippen molar-refractivity contribution in [2.24, 2.45) is 0 Å². The van der Waals surface area contributed by atoms with Crippen LogP contribution in [0.15, 0.2) is 40.9 Å². The van der Waals surface area contributed by atoms with Crippen LogP contribution in [0.1, 0.15) is 28.9 Å². The van der Waals surface area contributed by atoms with Crippen LogP contribution in [0, 0.1) is 6.92 Å². The summed E-state index contributed by atoms with van der Waals surface area (Å²) < 4.78 is 5.70. The molecule has 1 atom stereocenters. The number of aromatic nitrogens is 2. The Hall–Kier alpha value is -2.53. The van der Waals surface area contributed by atoms with Crippen LogP contribution in [0.3, 0.4) is 0 Å². The standard InChI is InChI=1S/C19H21N3O2/c1-12-2-7-18(24-12)19-15(11-21-22-19)10-20-16-5-3-14-9-17(23)6-4-13(14)8-16/h2,4,6-7,9,11,16,20,23H,3,5,8,10H2,1H3,(H,21,22). The van der Waals surface area contributed by atoms with Crippen LogP contribution < -0.4 is 5.32 Å². The summed E-state index contributed by atoms with van der Waals surface area (Å²) in [6.45, 7) is 2.69. The van der Waals surface area contributed by atoms with Crippen LogP contribution in [0.2, 0.25) is 0 Å². The van der Waals surface area contributed by atoms with Gasteiger partial charge >= 0.3 is 0 Å². The molecule has 3 N–H and O–H groups in total. The maximum absolute atomic E-state index is 9.59. The second-order valence-electron chi connectivity index (χ2n) is 6.45. The van der Waals surface area contributed by atoms with Gasteiger partial charge in [0.05, 0.1) is 6.20 Å². The van der Waals surface area contributed by atoms with E-state index in [0.717, 1.165) is 48.6 Å². The fourth-order valence-corrected chi connectivity index (χ4v) is 3.40. The van der Waals surface area contributed by atoms with Gasteiger partial charge in [0.1, 0.15) is 17.2 Å². The summed E-state index contributed by atoms with van der Waals surface area (Å²) in [6.07, 6.45) is 4.91. The summed E-state index contributed by atoms with van der Waals surface area (Å²) in [5.41, 5.74) is 4.64. The SMILES string of the molecule is Cc1ccc(-c2[nH]ncc2CNC2CCc3cc(O)ccc3C2)o1. The number of nitrogens with one attached hydrogen (secondary N) is 2. The minimum atomic E-state index is 0.358. The number of hydrogen-bond acceptors (Lipinski definition) is 4. The Morgan fingerprint density at radius 1 is 1.29 bits per heavy atom. The molecule has 0 spiro atoms. The zero-order valence-electron chi connectivity index (χ0n) is 13.7. The number of fused-ring (bicyclic) bond motifs is 1. The first kappa shape index (κ1) is 15.0. The van der Waals surface area contributed by atoms with Gasteiger partial charge in [0.15, 0.2) is 5.76 Å². The predicted molar refractivity (Wildman–Crippen MR) is 91.8 cm³/mol. The molecule has 4 rings (SSSR count). The molecular weight excluding hydrogens is 302 g/mol. The Labute approximate surface area is 140 Å². The van der Waals surface area contributed by atoms with Crippen LogP contribution in [0.5, 0.6) is 5.75 Å². The quantitative estimate of drug-likeness (QED) is 0.688. The monoisotopic (exact) mass is 323 g/mol. The van der Waals surface area contributed by atoms with E-state index in [2.05, 4.69) is 15.5 Å². The van der Waals surface area contributed by atoms with Crippen molar-refractivity contribution in [3.8, 4) is 17.2 Å². The van der Waals surface area contributed by atoms with E-state index in [1.54, 1.807) is 6.07 Å². The molecule has 0 radical (unpaired) electrons. The first-order chi connectivity index (χ1) is 11.7. The fraction of sp³-hybridized carbons (Fsp3) is 0.316. The van der Waals surface area contributed by atoms with Crippen LogP contribution >= 0.6 is 0 Å². The molecule has 0 amide bonds. The number of aryl methyl sites for hydroxylation is 2. The van der Waals surface area contributed by atoms with Crippen LogP contribution in [0.4, 0.5) is 0 Å². The number of rotatable bonds is 4. The molecule has 0 fully saturated rings. The number of hydrogen-bond donors (Lipinski definition) is 3. The van der Waals surface area contributed by atoms with Gasteiger partial charge in [-0.05, 0) is 61.6 Å². The number of aromatic amines is 1. The minimum Gasteiger partial charge on any atom is -0.508 e. The third-order valence-corrected chi connectivity index (χ3v) is 4.70. The Morgan fingerprint density at radius 2 is 2.21 bits per heavy atom. The summed E-state index contributed by atoms with van der Waals surface area (Å²) in [4.78, 5) is 0. The largest absolute Gasteiger partial charge is 0.508 e. The Bertz CT molecular complexity index is 850. The normalized spacial score (nSPS) is 17.0. The van der Waals surface area contributed by atoms with E-state index < -0.39 is 0 Å². The number of phenolic OH excluding ortho intramolecular Hbond substituents is 1. The first-order valence-corrected chi connectivity index (χ1v) is 8.32. The molecule has 5 nitrogen and oxygen atoms in total. The van der Waals surface area contributed by atoms with Gasteiger partial charge in [-0.25, -0.2) is 0 Å². The smallest absolute Gasteiger partial charge is 0.152 e. The number of aromatic hydroxyl groups is 1. The van der Waals surface area contributed by atoms with E-state index in [1.807, 2.05) is 37.4 Å². The van der Waals surface area contributed by atoms with Crippen molar-refractivity contribution in [3.63, 3.8) is 0 Å². The number of phenols is 1. The molecule has 1 unspecified atom stereocenters. The molecular formula is C19H21N3O2. The second-order valence-corrected chi connectivity index (χ2v) is 6.45. The highest BCUT2D eigenvalue weighted by molar-refractivity contribution is 5.56. The maximum Gasteiger partial charge on any atom is 0.152 e. The molecule has 124 valence electrons. The number of benzene rings is 1. The van der Waals surface area contributed by atoms with Gasteiger partial charge in [-0.15, -0.1) is 0 Å². The summed E-state index contributed by atoms with van der Waals surface area (Å²) in [5, 5.41) is 20.4. The highest BCUT2D eigenvalue weighted by Gasteiger charge is 2.19. The van der Waals surface area contributed by atoms with Crippen LogP contribution in [0.25, 0.3) is 11.5 Å². The van der Waals surface area contributed by atoms with Gasteiger partial charge in [-0.2, -0.15) is 5.10 Å². The lowest BCUT2D eigenvalue weighted by atomic mass is 9.88. The fourth-order valence-electron chi connectivity index (χ4n) is 3.40. The molecule has 24 heavy (non-hydrogen) atoms. The highest BCUT2D eigenvalue weighted by Crippen LogP contribution is 2.26.